The number of fused-ring (bicyclic) bond motifs is 1. The summed E-state index contributed by atoms with van der Waals surface area (Å²) in [4.78, 5) is 14.7. The number of carbonyl (C=O) groups excluding carboxylic acids is 1. The van der Waals surface area contributed by atoms with E-state index in [0.717, 1.165) is 18.6 Å². The summed E-state index contributed by atoms with van der Waals surface area (Å²) < 4.78 is 5.31. The molecule has 1 amide bonds. The van der Waals surface area contributed by atoms with Crippen LogP contribution in [0, 0.1) is 0 Å². The zero-order valence-electron chi connectivity index (χ0n) is 14.0. The highest BCUT2D eigenvalue weighted by molar-refractivity contribution is 8.00. The van der Waals surface area contributed by atoms with Crippen LogP contribution >= 0.6 is 11.8 Å². The smallest absolute Gasteiger partial charge is 0.234 e. The first-order chi connectivity index (χ1) is 11.8. The number of rotatable bonds is 3. The van der Waals surface area contributed by atoms with Gasteiger partial charge in [-0.25, -0.2) is 0 Å². The molecule has 0 spiro atoms. The predicted molar refractivity (Wildman–Crippen MR) is 99.4 cm³/mol. The minimum Gasteiger partial charge on any atom is -0.497 e. The second-order valence-corrected chi connectivity index (χ2v) is 7.80. The molecule has 1 aliphatic carbocycles. The fourth-order valence-corrected chi connectivity index (χ4v) is 5.21. The molecule has 24 heavy (non-hydrogen) atoms. The zero-order valence-corrected chi connectivity index (χ0v) is 14.8. The maximum atomic E-state index is 12.5. The van der Waals surface area contributed by atoms with E-state index in [9.17, 15) is 4.79 Å². The summed E-state index contributed by atoms with van der Waals surface area (Å²) in [5.41, 5.74) is 1.24. The standard InChI is InChI=1S/C20H23NO2S/c1-23-18-10-9-14-11-16(8-7-15(14)12-18)20-21(19(22)13-24-20)17-5-3-2-4-6-17/h7-12,17,20H,2-6,13H2,1H3. The van der Waals surface area contributed by atoms with E-state index in [2.05, 4.69) is 35.2 Å². The summed E-state index contributed by atoms with van der Waals surface area (Å²) in [7, 11) is 1.69. The number of thioether (sulfide) groups is 1. The molecule has 1 aliphatic heterocycles. The van der Waals surface area contributed by atoms with E-state index in [1.165, 1.54) is 35.6 Å². The lowest BCUT2D eigenvalue weighted by molar-refractivity contribution is -0.131. The van der Waals surface area contributed by atoms with Crippen molar-refractivity contribution in [3.05, 3.63) is 42.0 Å². The molecule has 0 bridgehead atoms. The molecule has 126 valence electrons. The van der Waals surface area contributed by atoms with Gasteiger partial charge in [0.1, 0.15) is 11.1 Å². The fourth-order valence-electron chi connectivity index (χ4n) is 3.97. The first kappa shape index (κ1) is 15.8. The topological polar surface area (TPSA) is 29.5 Å². The number of carbonyl (C=O) groups is 1. The van der Waals surface area contributed by atoms with Crippen molar-refractivity contribution in [3.63, 3.8) is 0 Å². The number of ether oxygens (including phenoxy) is 1. The summed E-state index contributed by atoms with van der Waals surface area (Å²) in [6.45, 7) is 0. The van der Waals surface area contributed by atoms with Gasteiger partial charge in [-0.1, -0.05) is 37.5 Å². The van der Waals surface area contributed by atoms with Crippen molar-refractivity contribution in [2.75, 3.05) is 12.9 Å². The molecule has 2 fully saturated rings. The highest BCUT2D eigenvalue weighted by Crippen LogP contribution is 2.43. The quantitative estimate of drug-likeness (QED) is 0.806. The lowest BCUT2D eigenvalue weighted by Gasteiger charge is -2.35. The van der Waals surface area contributed by atoms with Crippen LogP contribution in [0.5, 0.6) is 5.75 Å². The largest absolute Gasteiger partial charge is 0.497 e. The first-order valence-electron chi connectivity index (χ1n) is 8.77. The van der Waals surface area contributed by atoms with Crippen molar-refractivity contribution in [1.82, 2.24) is 4.90 Å². The third-order valence-corrected chi connectivity index (χ3v) is 6.46. The Morgan fingerprint density at radius 3 is 2.58 bits per heavy atom. The molecule has 1 unspecified atom stereocenters. The number of benzene rings is 2. The Morgan fingerprint density at radius 2 is 1.79 bits per heavy atom. The van der Waals surface area contributed by atoms with Crippen LogP contribution < -0.4 is 4.74 Å². The van der Waals surface area contributed by atoms with Crippen LogP contribution in [0.25, 0.3) is 10.8 Å². The maximum absolute atomic E-state index is 12.5. The number of hydrogen-bond donors (Lipinski definition) is 0. The zero-order chi connectivity index (χ0) is 16.5. The van der Waals surface area contributed by atoms with E-state index in [1.807, 2.05) is 6.07 Å². The Kier molecular flexibility index (Phi) is 4.40. The van der Waals surface area contributed by atoms with Gasteiger partial charge in [-0.3, -0.25) is 4.79 Å². The van der Waals surface area contributed by atoms with Gasteiger partial charge in [-0.15, -0.1) is 11.8 Å². The van der Waals surface area contributed by atoms with Crippen LogP contribution in [0.3, 0.4) is 0 Å². The first-order valence-corrected chi connectivity index (χ1v) is 9.81. The molecule has 1 heterocycles. The van der Waals surface area contributed by atoms with Crippen LogP contribution in [-0.2, 0) is 4.79 Å². The number of amides is 1. The number of nitrogens with zero attached hydrogens (tertiary/aromatic N) is 1. The Labute approximate surface area is 147 Å². The van der Waals surface area contributed by atoms with Crippen LogP contribution in [0.15, 0.2) is 36.4 Å². The molecule has 1 atom stereocenters. The molecule has 0 N–H and O–H groups in total. The molecular weight excluding hydrogens is 318 g/mol. The average molecular weight is 341 g/mol. The van der Waals surface area contributed by atoms with Crippen LogP contribution in [-0.4, -0.2) is 29.7 Å². The van der Waals surface area contributed by atoms with Gasteiger partial charge in [-0.05, 0) is 47.4 Å². The van der Waals surface area contributed by atoms with E-state index in [-0.39, 0.29) is 5.37 Å². The normalized spacial score (nSPS) is 22.3. The highest BCUT2D eigenvalue weighted by atomic mass is 32.2. The molecule has 3 nitrogen and oxygen atoms in total. The van der Waals surface area contributed by atoms with Crippen molar-refractivity contribution < 1.29 is 9.53 Å². The third kappa shape index (κ3) is 2.88. The molecule has 2 aromatic carbocycles. The van der Waals surface area contributed by atoms with Crippen LogP contribution in [0.2, 0.25) is 0 Å². The molecule has 2 aliphatic rings. The number of methoxy groups -OCH3 is 1. The van der Waals surface area contributed by atoms with Crippen LogP contribution in [0.4, 0.5) is 0 Å². The van der Waals surface area contributed by atoms with Gasteiger partial charge in [0, 0.05) is 6.04 Å². The molecule has 4 heteroatoms. The Morgan fingerprint density at radius 1 is 1.04 bits per heavy atom. The van der Waals surface area contributed by atoms with Crippen LogP contribution in [0.1, 0.15) is 43.0 Å². The van der Waals surface area contributed by atoms with E-state index in [1.54, 1.807) is 18.9 Å². The summed E-state index contributed by atoms with van der Waals surface area (Å²) in [6.07, 6.45) is 6.14. The lowest BCUT2D eigenvalue weighted by atomic mass is 9.93. The summed E-state index contributed by atoms with van der Waals surface area (Å²) in [6, 6.07) is 13.1. The summed E-state index contributed by atoms with van der Waals surface area (Å²) in [5, 5.41) is 2.56. The minimum absolute atomic E-state index is 0.173. The van der Waals surface area contributed by atoms with Gasteiger partial charge in [0.15, 0.2) is 0 Å². The highest BCUT2D eigenvalue weighted by Gasteiger charge is 2.38. The Hall–Kier alpha value is -1.68. The van der Waals surface area contributed by atoms with Gasteiger partial charge < -0.3 is 9.64 Å². The third-order valence-electron chi connectivity index (χ3n) is 5.23. The monoisotopic (exact) mass is 341 g/mol. The van der Waals surface area contributed by atoms with Gasteiger partial charge in [0.2, 0.25) is 5.91 Å². The SMILES string of the molecule is COc1ccc2cc(C3SCC(=O)N3C3CCCCC3)ccc2c1. The molecular formula is C20H23NO2S. The molecule has 2 aromatic rings. The second-order valence-electron chi connectivity index (χ2n) is 6.73. The van der Waals surface area contributed by atoms with E-state index in [4.69, 9.17) is 4.74 Å². The van der Waals surface area contributed by atoms with Crippen molar-refractivity contribution in [3.8, 4) is 5.75 Å². The van der Waals surface area contributed by atoms with Crippen molar-refractivity contribution in [1.29, 1.82) is 0 Å². The number of hydrogen-bond acceptors (Lipinski definition) is 3. The average Bonchev–Trinajstić information content (AvgIpc) is 3.03. The molecule has 1 saturated carbocycles. The van der Waals surface area contributed by atoms with Gasteiger partial charge in [0.05, 0.1) is 12.9 Å². The van der Waals surface area contributed by atoms with Gasteiger partial charge in [-0.2, -0.15) is 0 Å². The molecule has 0 radical (unpaired) electrons. The van der Waals surface area contributed by atoms with Crippen molar-refractivity contribution >= 4 is 28.4 Å². The summed E-state index contributed by atoms with van der Waals surface area (Å²) in [5.74, 6) is 1.80. The lowest BCUT2D eigenvalue weighted by Crippen LogP contribution is -2.39. The van der Waals surface area contributed by atoms with Crippen molar-refractivity contribution in [2.45, 2.75) is 43.5 Å². The second kappa shape index (κ2) is 6.67. The fraction of sp³-hybridized carbons (Fsp3) is 0.450. The summed E-state index contributed by atoms with van der Waals surface area (Å²) >= 11 is 1.77. The van der Waals surface area contributed by atoms with E-state index in [0.29, 0.717) is 17.7 Å². The minimum atomic E-state index is 0.173. The van der Waals surface area contributed by atoms with E-state index < -0.39 is 0 Å². The molecule has 1 saturated heterocycles. The molecule has 4 rings (SSSR count). The van der Waals surface area contributed by atoms with Gasteiger partial charge >= 0.3 is 0 Å². The predicted octanol–water partition coefficient (Wildman–Crippen LogP) is 4.76. The van der Waals surface area contributed by atoms with Gasteiger partial charge in [0.25, 0.3) is 0 Å². The Balaban J connectivity index is 1.66. The molecule has 0 aromatic heterocycles. The Bertz CT molecular complexity index is 754. The maximum Gasteiger partial charge on any atom is 0.234 e. The van der Waals surface area contributed by atoms with E-state index >= 15 is 0 Å². The van der Waals surface area contributed by atoms with Crippen molar-refractivity contribution in [2.24, 2.45) is 0 Å².